The van der Waals surface area contributed by atoms with Gasteiger partial charge >= 0.3 is 0 Å². The molecular weight excluding hydrogens is 336 g/mol. The lowest BCUT2D eigenvalue weighted by molar-refractivity contribution is 0.102. The Morgan fingerprint density at radius 3 is 2.52 bits per heavy atom. The fourth-order valence-electron chi connectivity index (χ4n) is 1.83. The van der Waals surface area contributed by atoms with E-state index in [1.807, 2.05) is 18.2 Å². The van der Waals surface area contributed by atoms with Crippen LogP contribution >= 0.6 is 15.9 Å². The van der Waals surface area contributed by atoms with E-state index < -0.39 is 0 Å². The topological polar surface area (TPSA) is 73.6 Å². The molecule has 0 radical (unpaired) electrons. The number of hydrogen-bond donors (Lipinski definition) is 2. The minimum atomic E-state index is -0.336. The number of rotatable bonds is 4. The molecule has 2 aromatic rings. The Bertz CT molecular complexity index is 674. The second-order valence-electron chi connectivity index (χ2n) is 4.22. The number of ether oxygens (including phenoxy) is 2. The lowest BCUT2D eigenvalue weighted by atomic mass is 10.1. The van der Waals surface area contributed by atoms with Crippen LogP contribution in [0.15, 0.2) is 40.9 Å². The molecule has 0 aliphatic heterocycles. The minimum Gasteiger partial charge on any atom is -0.497 e. The number of amides is 1. The summed E-state index contributed by atoms with van der Waals surface area (Å²) in [6.45, 7) is 0. The monoisotopic (exact) mass is 350 g/mol. The van der Waals surface area contributed by atoms with Crippen LogP contribution in [0.3, 0.4) is 0 Å². The Hall–Kier alpha value is -2.21. The molecule has 0 atom stereocenters. The van der Waals surface area contributed by atoms with Gasteiger partial charge in [-0.15, -0.1) is 0 Å². The van der Waals surface area contributed by atoms with Crippen LogP contribution in [0.4, 0.5) is 11.4 Å². The molecule has 6 heteroatoms. The van der Waals surface area contributed by atoms with Gasteiger partial charge in [-0.3, -0.25) is 4.79 Å². The summed E-state index contributed by atoms with van der Waals surface area (Å²) in [6, 6.07) is 10.5. The molecule has 0 saturated carbocycles. The minimum absolute atomic E-state index is 0.267. The molecule has 0 aromatic heterocycles. The van der Waals surface area contributed by atoms with Crippen LogP contribution in [-0.4, -0.2) is 20.1 Å². The third-order valence-corrected chi connectivity index (χ3v) is 3.63. The predicted octanol–water partition coefficient (Wildman–Crippen LogP) is 3.30. The van der Waals surface area contributed by atoms with Crippen molar-refractivity contribution in [3.05, 3.63) is 46.4 Å². The van der Waals surface area contributed by atoms with Crippen molar-refractivity contribution in [3.63, 3.8) is 0 Å². The number of carbonyl (C=O) groups is 1. The summed E-state index contributed by atoms with van der Waals surface area (Å²) in [7, 11) is 3.00. The van der Waals surface area contributed by atoms with Gasteiger partial charge in [-0.1, -0.05) is 12.1 Å². The second-order valence-corrected chi connectivity index (χ2v) is 5.08. The van der Waals surface area contributed by atoms with Gasteiger partial charge in [0.15, 0.2) is 0 Å². The van der Waals surface area contributed by atoms with Gasteiger partial charge < -0.3 is 20.5 Å². The number of carbonyl (C=O) groups excluding carboxylic acids is 1. The maximum Gasteiger partial charge on any atom is 0.258 e. The molecule has 0 fully saturated rings. The number of nitrogens with one attached hydrogen (secondary N) is 1. The number of hydrogen-bond acceptors (Lipinski definition) is 4. The molecule has 21 heavy (non-hydrogen) atoms. The summed E-state index contributed by atoms with van der Waals surface area (Å²) in [5, 5.41) is 2.79. The molecule has 110 valence electrons. The van der Waals surface area contributed by atoms with Crippen molar-refractivity contribution in [3.8, 4) is 11.5 Å². The first-order chi connectivity index (χ1) is 10.1. The van der Waals surface area contributed by atoms with Gasteiger partial charge in [0, 0.05) is 10.5 Å². The average Bonchev–Trinajstić information content (AvgIpc) is 2.49. The van der Waals surface area contributed by atoms with Crippen molar-refractivity contribution >= 4 is 33.2 Å². The first-order valence-corrected chi connectivity index (χ1v) is 6.93. The third-order valence-electron chi connectivity index (χ3n) is 2.94. The molecule has 1 amide bonds. The van der Waals surface area contributed by atoms with E-state index in [1.165, 1.54) is 14.2 Å². The number of benzene rings is 2. The van der Waals surface area contributed by atoms with Crippen LogP contribution in [-0.2, 0) is 0 Å². The van der Waals surface area contributed by atoms with E-state index in [2.05, 4.69) is 21.2 Å². The Balaban J connectivity index is 2.37. The van der Waals surface area contributed by atoms with E-state index in [4.69, 9.17) is 15.2 Å². The summed E-state index contributed by atoms with van der Waals surface area (Å²) in [6.07, 6.45) is 0. The molecule has 2 rings (SSSR count). The Kier molecular flexibility index (Phi) is 4.70. The predicted molar refractivity (Wildman–Crippen MR) is 86.1 cm³/mol. The fraction of sp³-hybridized carbons (Fsp3) is 0.133. The molecule has 0 unspecified atom stereocenters. The maximum absolute atomic E-state index is 12.4. The smallest absolute Gasteiger partial charge is 0.258 e. The van der Waals surface area contributed by atoms with Crippen LogP contribution in [0.2, 0.25) is 0 Å². The molecule has 3 N–H and O–H groups in total. The van der Waals surface area contributed by atoms with Crippen LogP contribution in [0.1, 0.15) is 10.4 Å². The van der Waals surface area contributed by atoms with Crippen molar-refractivity contribution in [1.29, 1.82) is 0 Å². The fourth-order valence-corrected chi connectivity index (χ4v) is 2.21. The van der Waals surface area contributed by atoms with Crippen molar-refractivity contribution in [2.24, 2.45) is 0 Å². The SMILES string of the molecule is COc1cc(OC)c(N)c(C(=O)Nc2ccccc2Br)c1. The summed E-state index contributed by atoms with van der Waals surface area (Å²) >= 11 is 3.38. The highest BCUT2D eigenvalue weighted by molar-refractivity contribution is 9.10. The number of para-hydroxylation sites is 1. The largest absolute Gasteiger partial charge is 0.497 e. The van der Waals surface area contributed by atoms with Crippen molar-refractivity contribution < 1.29 is 14.3 Å². The normalized spacial score (nSPS) is 10.0. The van der Waals surface area contributed by atoms with Crippen LogP contribution in [0.25, 0.3) is 0 Å². The van der Waals surface area contributed by atoms with Gasteiger partial charge in [-0.2, -0.15) is 0 Å². The second kappa shape index (κ2) is 6.49. The summed E-state index contributed by atoms with van der Waals surface area (Å²) in [4.78, 5) is 12.4. The summed E-state index contributed by atoms with van der Waals surface area (Å²) in [5.74, 6) is 0.557. The number of anilines is 2. The average molecular weight is 351 g/mol. The molecular formula is C15H15BrN2O3. The zero-order valence-corrected chi connectivity index (χ0v) is 13.2. The third kappa shape index (κ3) is 3.28. The first kappa shape index (κ1) is 15.2. The summed E-state index contributed by atoms with van der Waals surface area (Å²) < 4.78 is 11.1. The first-order valence-electron chi connectivity index (χ1n) is 6.14. The standard InChI is InChI=1S/C15H15BrN2O3/c1-20-9-7-10(14(17)13(8-9)21-2)15(19)18-12-6-4-3-5-11(12)16/h3-8H,17H2,1-2H3,(H,18,19). The van der Waals surface area contributed by atoms with Gasteiger partial charge in [-0.05, 0) is 34.1 Å². The maximum atomic E-state index is 12.4. The van der Waals surface area contributed by atoms with E-state index in [1.54, 1.807) is 18.2 Å². The Morgan fingerprint density at radius 1 is 1.19 bits per heavy atom. The van der Waals surface area contributed by atoms with Gasteiger partial charge in [0.2, 0.25) is 0 Å². The highest BCUT2D eigenvalue weighted by atomic mass is 79.9. The van der Waals surface area contributed by atoms with E-state index in [-0.39, 0.29) is 11.6 Å². The number of methoxy groups -OCH3 is 2. The van der Waals surface area contributed by atoms with E-state index in [0.29, 0.717) is 22.7 Å². The van der Waals surface area contributed by atoms with Crippen LogP contribution in [0.5, 0.6) is 11.5 Å². The highest BCUT2D eigenvalue weighted by Gasteiger charge is 2.16. The van der Waals surface area contributed by atoms with Crippen molar-refractivity contribution in [2.45, 2.75) is 0 Å². The molecule has 0 saturated heterocycles. The van der Waals surface area contributed by atoms with Gasteiger partial charge in [0.1, 0.15) is 11.5 Å². The molecule has 0 bridgehead atoms. The van der Waals surface area contributed by atoms with E-state index >= 15 is 0 Å². The van der Waals surface area contributed by atoms with Crippen molar-refractivity contribution in [2.75, 3.05) is 25.3 Å². The van der Waals surface area contributed by atoms with E-state index in [0.717, 1.165) is 4.47 Å². The van der Waals surface area contributed by atoms with Gasteiger partial charge in [0.25, 0.3) is 5.91 Å². The van der Waals surface area contributed by atoms with Crippen LogP contribution < -0.4 is 20.5 Å². The number of nitrogens with two attached hydrogens (primary N) is 1. The molecule has 0 aliphatic carbocycles. The van der Waals surface area contributed by atoms with Gasteiger partial charge in [-0.25, -0.2) is 0 Å². The summed E-state index contributed by atoms with van der Waals surface area (Å²) in [5.41, 5.74) is 7.17. The number of nitrogen functional groups attached to an aromatic ring is 1. The highest BCUT2D eigenvalue weighted by Crippen LogP contribution is 2.32. The lowest BCUT2D eigenvalue weighted by Crippen LogP contribution is -2.15. The molecule has 0 aliphatic rings. The van der Waals surface area contributed by atoms with Crippen molar-refractivity contribution in [1.82, 2.24) is 0 Å². The molecule has 5 nitrogen and oxygen atoms in total. The lowest BCUT2D eigenvalue weighted by Gasteiger charge is -2.13. The molecule has 2 aromatic carbocycles. The quantitative estimate of drug-likeness (QED) is 0.829. The van der Waals surface area contributed by atoms with Crippen LogP contribution in [0, 0.1) is 0 Å². The zero-order valence-electron chi connectivity index (χ0n) is 11.6. The van der Waals surface area contributed by atoms with E-state index in [9.17, 15) is 4.79 Å². The Morgan fingerprint density at radius 2 is 1.90 bits per heavy atom. The molecule has 0 heterocycles. The van der Waals surface area contributed by atoms with Gasteiger partial charge in [0.05, 0.1) is 31.2 Å². The Labute approximate surface area is 131 Å². The zero-order chi connectivity index (χ0) is 15.4. The molecule has 0 spiro atoms. The number of halogens is 1.